The molecular formula is C21H24N4O2. The van der Waals surface area contributed by atoms with Crippen LogP contribution in [0.15, 0.2) is 61.2 Å². The summed E-state index contributed by atoms with van der Waals surface area (Å²) < 4.78 is 7.38. The third kappa shape index (κ3) is 5.41. The Balaban J connectivity index is 1.53. The van der Waals surface area contributed by atoms with Gasteiger partial charge in [0.05, 0.1) is 6.54 Å². The van der Waals surface area contributed by atoms with Gasteiger partial charge >= 0.3 is 0 Å². The maximum Gasteiger partial charge on any atom is 0.258 e. The Hall–Kier alpha value is -3.15. The molecule has 0 atom stereocenters. The van der Waals surface area contributed by atoms with E-state index in [2.05, 4.69) is 35.3 Å². The lowest BCUT2D eigenvalue weighted by atomic mass is 10.0. The Kier molecular flexibility index (Phi) is 6.20. The molecule has 6 heteroatoms. The first kappa shape index (κ1) is 18.6. The zero-order valence-electron chi connectivity index (χ0n) is 15.6. The number of rotatable bonds is 8. The molecule has 0 saturated carbocycles. The zero-order chi connectivity index (χ0) is 19.1. The van der Waals surface area contributed by atoms with Gasteiger partial charge < -0.3 is 10.1 Å². The summed E-state index contributed by atoms with van der Waals surface area (Å²) in [4.78, 5) is 16.1. The first-order chi connectivity index (χ1) is 13.1. The van der Waals surface area contributed by atoms with Crippen molar-refractivity contribution in [2.75, 3.05) is 6.61 Å². The number of nitrogens with one attached hydrogen (secondary N) is 1. The first-order valence-corrected chi connectivity index (χ1v) is 9.00. The molecule has 0 aliphatic rings. The lowest BCUT2D eigenvalue weighted by Crippen LogP contribution is -2.28. The summed E-state index contributed by atoms with van der Waals surface area (Å²) in [6, 6.07) is 15.8. The van der Waals surface area contributed by atoms with E-state index in [-0.39, 0.29) is 12.5 Å². The van der Waals surface area contributed by atoms with Gasteiger partial charge in [-0.15, -0.1) is 0 Å². The predicted molar refractivity (Wildman–Crippen MR) is 103 cm³/mol. The minimum atomic E-state index is -0.152. The minimum absolute atomic E-state index is 0.00715. The van der Waals surface area contributed by atoms with Gasteiger partial charge in [-0.2, -0.15) is 5.10 Å². The molecule has 1 aromatic heterocycles. The van der Waals surface area contributed by atoms with Crippen LogP contribution >= 0.6 is 0 Å². The molecule has 2 aromatic carbocycles. The first-order valence-electron chi connectivity index (χ1n) is 9.00. The van der Waals surface area contributed by atoms with Gasteiger partial charge in [-0.3, -0.25) is 4.79 Å². The van der Waals surface area contributed by atoms with Gasteiger partial charge in [0.2, 0.25) is 0 Å². The van der Waals surface area contributed by atoms with Crippen molar-refractivity contribution >= 4 is 5.91 Å². The summed E-state index contributed by atoms with van der Waals surface area (Å²) in [5, 5.41) is 7.05. The number of hydrogen-bond donors (Lipinski definition) is 1. The van der Waals surface area contributed by atoms with E-state index in [1.54, 1.807) is 11.0 Å². The smallest absolute Gasteiger partial charge is 0.258 e. The molecule has 3 rings (SSSR count). The fraction of sp³-hybridized carbons (Fsp3) is 0.286. The van der Waals surface area contributed by atoms with Crippen molar-refractivity contribution < 1.29 is 9.53 Å². The van der Waals surface area contributed by atoms with Crippen molar-refractivity contribution in [2.24, 2.45) is 0 Å². The summed E-state index contributed by atoms with van der Waals surface area (Å²) in [7, 11) is 0. The monoisotopic (exact) mass is 364 g/mol. The van der Waals surface area contributed by atoms with Crippen LogP contribution in [0.2, 0.25) is 0 Å². The van der Waals surface area contributed by atoms with E-state index in [1.165, 1.54) is 11.9 Å². The van der Waals surface area contributed by atoms with E-state index in [9.17, 15) is 4.79 Å². The molecule has 6 nitrogen and oxygen atoms in total. The molecule has 1 heterocycles. The third-order valence-electron chi connectivity index (χ3n) is 4.29. The lowest BCUT2D eigenvalue weighted by Gasteiger charge is -2.12. The second-order valence-corrected chi connectivity index (χ2v) is 6.65. The molecule has 1 N–H and O–H groups in total. The average Bonchev–Trinajstić information content (AvgIpc) is 3.19. The van der Waals surface area contributed by atoms with Gasteiger partial charge in [0.15, 0.2) is 6.61 Å². The number of aromatic nitrogens is 3. The van der Waals surface area contributed by atoms with E-state index in [1.807, 2.05) is 42.5 Å². The van der Waals surface area contributed by atoms with Crippen LogP contribution in [0.4, 0.5) is 0 Å². The number of carbonyl (C=O) groups excluding carboxylic acids is 1. The highest BCUT2D eigenvalue weighted by molar-refractivity contribution is 5.77. The Morgan fingerprint density at radius 3 is 2.70 bits per heavy atom. The van der Waals surface area contributed by atoms with Gasteiger partial charge in [-0.05, 0) is 34.7 Å². The SMILES string of the molecule is CC(C)c1cccc(OCC(=O)NCc2ccccc2Cn2cncn2)c1. The molecule has 0 unspecified atom stereocenters. The summed E-state index contributed by atoms with van der Waals surface area (Å²) in [5.74, 6) is 0.979. The molecule has 0 saturated heterocycles. The van der Waals surface area contributed by atoms with Crippen molar-refractivity contribution in [1.82, 2.24) is 20.1 Å². The summed E-state index contributed by atoms with van der Waals surface area (Å²) >= 11 is 0. The minimum Gasteiger partial charge on any atom is -0.484 e. The normalized spacial score (nSPS) is 10.8. The van der Waals surface area contributed by atoms with Crippen molar-refractivity contribution in [1.29, 1.82) is 0 Å². The van der Waals surface area contributed by atoms with Gasteiger partial charge in [0.1, 0.15) is 18.4 Å². The maximum atomic E-state index is 12.2. The fourth-order valence-corrected chi connectivity index (χ4v) is 2.73. The molecule has 3 aromatic rings. The molecule has 27 heavy (non-hydrogen) atoms. The topological polar surface area (TPSA) is 69.0 Å². The molecule has 0 fully saturated rings. The highest BCUT2D eigenvalue weighted by atomic mass is 16.5. The van der Waals surface area contributed by atoms with Gasteiger partial charge in [-0.25, -0.2) is 9.67 Å². The van der Waals surface area contributed by atoms with E-state index in [0.717, 1.165) is 11.1 Å². The van der Waals surface area contributed by atoms with E-state index >= 15 is 0 Å². The van der Waals surface area contributed by atoms with Crippen molar-refractivity contribution in [3.63, 3.8) is 0 Å². The molecule has 0 aliphatic carbocycles. The van der Waals surface area contributed by atoms with Crippen LogP contribution in [0.25, 0.3) is 0 Å². The highest BCUT2D eigenvalue weighted by Gasteiger charge is 2.07. The van der Waals surface area contributed by atoms with Crippen LogP contribution in [0.3, 0.4) is 0 Å². The van der Waals surface area contributed by atoms with Crippen LogP contribution in [-0.4, -0.2) is 27.3 Å². The standard InChI is InChI=1S/C21H24N4O2/c1-16(2)17-8-5-9-20(10-17)27-13-21(26)23-11-18-6-3-4-7-19(18)12-25-15-22-14-24-25/h3-10,14-16H,11-13H2,1-2H3,(H,23,26). The second kappa shape index (κ2) is 8.98. The highest BCUT2D eigenvalue weighted by Crippen LogP contribution is 2.20. The molecule has 0 radical (unpaired) electrons. The van der Waals surface area contributed by atoms with Crippen LogP contribution in [-0.2, 0) is 17.9 Å². The number of nitrogens with zero attached hydrogens (tertiary/aromatic N) is 3. The Morgan fingerprint density at radius 1 is 1.15 bits per heavy atom. The van der Waals surface area contributed by atoms with E-state index in [4.69, 9.17) is 4.74 Å². The molecular weight excluding hydrogens is 340 g/mol. The second-order valence-electron chi connectivity index (χ2n) is 6.65. The number of ether oxygens (including phenoxy) is 1. The van der Waals surface area contributed by atoms with Crippen LogP contribution in [0, 0.1) is 0 Å². The van der Waals surface area contributed by atoms with Crippen LogP contribution < -0.4 is 10.1 Å². The van der Waals surface area contributed by atoms with E-state index < -0.39 is 0 Å². The molecule has 140 valence electrons. The zero-order valence-corrected chi connectivity index (χ0v) is 15.6. The average molecular weight is 364 g/mol. The predicted octanol–water partition coefficient (Wildman–Crippen LogP) is 3.15. The lowest BCUT2D eigenvalue weighted by molar-refractivity contribution is -0.123. The summed E-state index contributed by atoms with van der Waals surface area (Å²) in [5.41, 5.74) is 3.33. The summed E-state index contributed by atoms with van der Waals surface area (Å²) in [6.45, 7) is 5.31. The largest absolute Gasteiger partial charge is 0.484 e. The van der Waals surface area contributed by atoms with Crippen molar-refractivity contribution in [3.05, 3.63) is 77.9 Å². The molecule has 0 spiro atoms. The number of hydrogen-bond acceptors (Lipinski definition) is 4. The third-order valence-corrected chi connectivity index (χ3v) is 4.29. The summed E-state index contributed by atoms with van der Waals surface area (Å²) in [6.07, 6.45) is 3.19. The van der Waals surface area contributed by atoms with E-state index in [0.29, 0.717) is 24.8 Å². The number of amides is 1. The Labute approximate surface area is 159 Å². The van der Waals surface area contributed by atoms with Gasteiger partial charge in [0.25, 0.3) is 5.91 Å². The van der Waals surface area contributed by atoms with Gasteiger partial charge in [0, 0.05) is 6.54 Å². The Morgan fingerprint density at radius 2 is 1.96 bits per heavy atom. The van der Waals surface area contributed by atoms with Crippen LogP contribution in [0.5, 0.6) is 5.75 Å². The Bertz CT molecular complexity index is 875. The number of benzene rings is 2. The van der Waals surface area contributed by atoms with Gasteiger partial charge in [-0.1, -0.05) is 50.2 Å². The van der Waals surface area contributed by atoms with Crippen molar-refractivity contribution in [2.45, 2.75) is 32.9 Å². The molecule has 0 bridgehead atoms. The molecule has 1 amide bonds. The fourth-order valence-electron chi connectivity index (χ4n) is 2.73. The van der Waals surface area contributed by atoms with Crippen LogP contribution in [0.1, 0.15) is 36.5 Å². The quantitative estimate of drug-likeness (QED) is 0.667. The molecule has 0 aliphatic heterocycles. The number of carbonyl (C=O) groups is 1. The maximum absolute atomic E-state index is 12.2. The van der Waals surface area contributed by atoms with Crippen molar-refractivity contribution in [3.8, 4) is 5.75 Å².